The summed E-state index contributed by atoms with van der Waals surface area (Å²) in [5.41, 5.74) is -1.29. The maximum atomic E-state index is 11.1. The standard InChI is InChI=1S/C11H6N2O6/c14-9(15)4-1-5(10(16)17)7-6(2-4)12-3-13-8(7)11(18)19/h1-3H,(H,14,15)(H,16,17)(H,18,19). The van der Waals surface area contributed by atoms with E-state index in [0.717, 1.165) is 18.5 Å². The molecule has 96 valence electrons. The number of fused-ring (bicyclic) bond motifs is 1. The fourth-order valence-electron chi connectivity index (χ4n) is 1.65. The number of carboxylic acid groups (broad SMARTS) is 3. The van der Waals surface area contributed by atoms with Gasteiger partial charge in [0.25, 0.3) is 0 Å². The van der Waals surface area contributed by atoms with Gasteiger partial charge in [0.2, 0.25) is 0 Å². The molecule has 0 unspecified atom stereocenters. The van der Waals surface area contributed by atoms with Crippen molar-refractivity contribution >= 4 is 28.8 Å². The summed E-state index contributed by atoms with van der Waals surface area (Å²) in [6.07, 6.45) is 0.934. The van der Waals surface area contributed by atoms with Crippen LogP contribution in [0.25, 0.3) is 10.9 Å². The number of carbonyl (C=O) groups is 3. The van der Waals surface area contributed by atoms with Crippen LogP contribution < -0.4 is 0 Å². The fraction of sp³-hybridized carbons (Fsp3) is 0. The van der Waals surface area contributed by atoms with Crippen LogP contribution in [0.15, 0.2) is 18.5 Å². The maximum absolute atomic E-state index is 11.1. The number of benzene rings is 1. The summed E-state index contributed by atoms with van der Waals surface area (Å²) in [4.78, 5) is 40.2. The van der Waals surface area contributed by atoms with Crippen molar-refractivity contribution in [1.29, 1.82) is 0 Å². The van der Waals surface area contributed by atoms with Crippen LogP contribution in [0.1, 0.15) is 31.2 Å². The zero-order chi connectivity index (χ0) is 14.2. The third-order valence-electron chi connectivity index (χ3n) is 2.42. The SMILES string of the molecule is O=C(O)c1cc(C(=O)O)c2c(C(=O)O)ncnc2c1. The Morgan fingerprint density at radius 1 is 0.895 bits per heavy atom. The van der Waals surface area contributed by atoms with Gasteiger partial charge in [-0.1, -0.05) is 0 Å². The Balaban J connectivity index is 2.95. The first-order valence-corrected chi connectivity index (χ1v) is 4.90. The van der Waals surface area contributed by atoms with Crippen molar-refractivity contribution in [2.75, 3.05) is 0 Å². The van der Waals surface area contributed by atoms with E-state index in [-0.39, 0.29) is 16.5 Å². The van der Waals surface area contributed by atoms with Crippen molar-refractivity contribution in [2.45, 2.75) is 0 Å². The second-order valence-electron chi connectivity index (χ2n) is 3.56. The van der Waals surface area contributed by atoms with E-state index in [4.69, 9.17) is 15.3 Å². The maximum Gasteiger partial charge on any atom is 0.355 e. The first kappa shape index (κ1) is 12.4. The van der Waals surface area contributed by atoms with E-state index in [9.17, 15) is 14.4 Å². The van der Waals surface area contributed by atoms with Crippen molar-refractivity contribution in [3.8, 4) is 0 Å². The Labute approximate surface area is 105 Å². The molecule has 0 aliphatic carbocycles. The molecule has 1 aromatic heterocycles. The van der Waals surface area contributed by atoms with Crippen molar-refractivity contribution in [3.63, 3.8) is 0 Å². The van der Waals surface area contributed by atoms with Gasteiger partial charge >= 0.3 is 17.9 Å². The van der Waals surface area contributed by atoms with Gasteiger partial charge < -0.3 is 15.3 Å². The van der Waals surface area contributed by atoms with Crippen LogP contribution in [0.2, 0.25) is 0 Å². The van der Waals surface area contributed by atoms with E-state index in [1.54, 1.807) is 0 Å². The second kappa shape index (κ2) is 4.33. The fourth-order valence-corrected chi connectivity index (χ4v) is 1.65. The smallest absolute Gasteiger partial charge is 0.355 e. The summed E-state index contributed by atoms with van der Waals surface area (Å²) in [6, 6.07) is 1.97. The first-order chi connectivity index (χ1) is 8.91. The van der Waals surface area contributed by atoms with Crippen LogP contribution in [0.5, 0.6) is 0 Å². The molecule has 0 saturated heterocycles. The number of aromatic carboxylic acids is 3. The molecule has 8 nitrogen and oxygen atoms in total. The van der Waals surface area contributed by atoms with Crippen molar-refractivity contribution in [3.05, 3.63) is 35.3 Å². The Morgan fingerprint density at radius 3 is 2.11 bits per heavy atom. The summed E-state index contributed by atoms with van der Waals surface area (Å²) in [5.74, 6) is -4.21. The topological polar surface area (TPSA) is 138 Å². The first-order valence-electron chi connectivity index (χ1n) is 4.90. The van der Waals surface area contributed by atoms with E-state index in [1.165, 1.54) is 0 Å². The normalized spacial score (nSPS) is 10.3. The molecule has 0 saturated carbocycles. The van der Waals surface area contributed by atoms with Crippen LogP contribution in [0.4, 0.5) is 0 Å². The summed E-state index contributed by atoms with van der Waals surface area (Å²) in [7, 11) is 0. The minimum Gasteiger partial charge on any atom is -0.478 e. The number of carboxylic acids is 3. The monoisotopic (exact) mass is 262 g/mol. The van der Waals surface area contributed by atoms with E-state index < -0.39 is 29.2 Å². The van der Waals surface area contributed by atoms with Gasteiger partial charge in [0, 0.05) is 5.39 Å². The molecule has 0 bridgehead atoms. The molecule has 2 aromatic rings. The third-order valence-corrected chi connectivity index (χ3v) is 2.42. The van der Waals surface area contributed by atoms with Gasteiger partial charge in [0.05, 0.1) is 16.6 Å². The van der Waals surface area contributed by atoms with Crippen molar-refractivity contribution in [1.82, 2.24) is 9.97 Å². The van der Waals surface area contributed by atoms with Crippen LogP contribution >= 0.6 is 0 Å². The molecule has 1 heterocycles. The Kier molecular flexibility index (Phi) is 2.83. The molecular weight excluding hydrogens is 256 g/mol. The molecule has 1 aromatic carbocycles. The molecule has 0 aliphatic rings. The van der Waals surface area contributed by atoms with Gasteiger partial charge in [-0.05, 0) is 12.1 Å². The second-order valence-corrected chi connectivity index (χ2v) is 3.56. The van der Waals surface area contributed by atoms with Crippen molar-refractivity contribution < 1.29 is 29.7 Å². The number of hydrogen-bond donors (Lipinski definition) is 3. The predicted molar refractivity (Wildman–Crippen MR) is 60.4 cm³/mol. The zero-order valence-electron chi connectivity index (χ0n) is 9.19. The summed E-state index contributed by atoms with van der Waals surface area (Å²) >= 11 is 0. The molecule has 0 amide bonds. The van der Waals surface area contributed by atoms with E-state index >= 15 is 0 Å². The van der Waals surface area contributed by atoms with Gasteiger partial charge in [-0.3, -0.25) is 0 Å². The zero-order valence-corrected chi connectivity index (χ0v) is 9.19. The molecule has 0 atom stereocenters. The third kappa shape index (κ3) is 2.06. The molecule has 0 radical (unpaired) electrons. The molecule has 3 N–H and O–H groups in total. The van der Waals surface area contributed by atoms with Crippen LogP contribution in [-0.2, 0) is 0 Å². The molecule has 0 fully saturated rings. The van der Waals surface area contributed by atoms with Gasteiger partial charge in [-0.2, -0.15) is 0 Å². The van der Waals surface area contributed by atoms with Gasteiger partial charge in [-0.25, -0.2) is 24.4 Å². The van der Waals surface area contributed by atoms with Crippen LogP contribution in [0, 0.1) is 0 Å². The van der Waals surface area contributed by atoms with Gasteiger partial charge in [0.15, 0.2) is 5.69 Å². The Bertz CT molecular complexity index is 724. The Hall–Kier alpha value is -3.03. The van der Waals surface area contributed by atoms with E-state index in [2.05, 4.69) is 9.97 Å². The van der Waals surface area contributed by atoms with Gasteiger partial charge in [0.1, 0.15) is 6.33 Å². The largest absolute Gasteiger partial charge is 0.478 e. The summed E-state index contributed by atoms with van der Waals surface area (Å²) < 4.78 is 0. The lowest BCUT2D eigenvalue weighted by Gasteiger charge is -2.06. The average Bonchev–Trinajstić information content (AvgIpc) is 2.36. The molecular formula is C11H6N2O6. The highest BCUT2D eigenvalue weighted by atomic mass is 16.4. The number of aromatic nitrogens is 2. The molecule has 8 heteroatoms. The number of hydrogen-bond acceptors (Lipinski definition) is 5. The highest BCUT2D eigenvalue weighted by Gasteiger charge is 2.21. The summed E-state index contributed by atoms with van der Waals surface area (Å²) in [5, 5.41) is 26.7. The molecule has 0 spiro atoms. The van der Waals surface area contributed by atoms with Crippen LogP contribution in [-0.4, -0.2) is 43.2 Å². The van der Waals surface area contributed by atoms with E-state index in [1.807, 2.05) is 0 Å². The molecule has 19 heavy (non-hydrogen) atoms. The summed E-state index contributed by atoms with van der Waals surface area (Å²) in [6.45, 7) is 0. The predicted octanol–water partition coefficient (Wildman–Crippen LogP) is 0.724. The lowest BCUT2D eigenvalue weighted by atomic mass is 10.0. The number of nitrogens with zero attached hydrogens (tertiary/aromatic N) is 2. The lowest BCUT2D eigenvalue weighted by molar-refractivity contribution is 0.0684. The van der Waals surface area contributed by atoms with Gasteiger partial charge in [-0.15, -0.1) is 0 Å². The van der Waals surface area contributed by atoms with Crippen LogP contribution in [0.3, 0.4) is 0 Å². The highest BCUT2D eigenvalue weighted by molar-refractivity contribution is 6.12. The molecule has 0 aliphatic heterocycles. The van der Waals surface area contributed by atoms with Crippen molar-refractivity contribution in [2.24, 2.45) is 0 Å². The quantitative estimate of drug-likeness (QED) is 0.735. The Morgan fingerprint density at radius 2 is 1.58 bits per heavy atom. The highest BCUT2D eigenvalue weighted by Crippen LogP contribution is 2.22. The average molecular weight is 262 g/mol. The minimum absolute atomic E-state index is 0.0512. The lowest BCUT2D eigenvalue weighted by Crippen LogP contribution is -2.09. The number of rotatable bonds is 3. The molecule has 2 rings (SSSR count). The minimum atomic E-state index is -1.45. The van der Waals surface area contributed by atoms with E-state index in [0.29, 0.717) is 0 Å².